The monoisotopic (exact) mass is 243 g/mol. The van der Waals surface area contributed by atoms with Crippen LogP contribution >= 0.6 is 0 Å². The Labute approximate surface area is 106 Å². The predicted octanol–water partition coefficient (Wildman–Crippen LogP) is 0.373. The van der Waals surface area contributed by atoms with E-state index < -0.39 is 0 Å². The molecule has 17 heavy (non-hydrogen) atoms. The van der Waals surface area contributed by atoms with Gasteiger partial charge in [0.1, 0.15) is 0 Å². The zero-order valence-electron chi connectivity index (χ0n) is 11.7. The van der Waals surface area contributed by atoms with Crippen molar-refractivity contribution in [2.45, 2.75) is 38.3 Å². The standard InChI is InChI=1S/C13H29N3O/c1-4-14-12(7-9-17)10-16(3)13-6-5-8-15(2)11-13/h12-14,17H,4-11H2,1-3H3. The van der Waals surface area contributed by atoms with E-state index in [-0.39, 0.29) is 6.61 Å². The summed E-state index contributed by atoms with van der Waals surface area (Å²) in [6.07, 6.45) is 3.46. The lowest BCUT2D eigenvalue weighted by molar-refractivity contribution is 0.120. The normalized spacial score (nSPS) is 24.2. The van der Waals surface area contributed by atoms with Crippen molar-refractivity contribution < 1.29 is 5.11 Å². The lowest BCUT2D eigenvalue weighted by Gasteiger charge is -2.37. The largest absolute Gasteiger partial charge is 0.396 e. The Morgan fingerprint density at radius 3 is 2.88 bits per heavy atom. The van der Waals surface area contributed by atoms with E-state index in [0.29, 0.717) is 12.1 Å². The summed E-state index contributed by atoms with van der Waals surface area (Å²) in [7, 11) is 4.42. The van der Waals surface area contributed by atoms with Crippen LogP contribution in [0.25, 0.3) is 0 Å². The Kier molecular flexibility index (Phi) is 7.04. The van der Waals surface area contributed by atoms with Crippen LogP contribution in [0.2, 0.25) is 0 Å². The maximum absolute atomic E-state index is 9.06. The first kappa shape index (κ1) is 14.9. The summed E-state index contributed by atoms with van der Waals surface area (Å²) in [5, 5.41) is 12.5. The molecule has 2 atom stereocenters. The molecule has 0 aliphatic carbocycles. The SMILES string of the molecule is CCNC(CCO)CN(C)C1CCCN(C)C1. The lowest BCUT2D eigenvalue weighted by atomic mass is 10.0. The van der Waals surface area contributed by atoms with Crippen LogP contribution in [0.4, 0.5) is 0 Å². The molecule has 4 heteroatoms. The van der Waals surface area contributed by atoms with Gasteiger partial charge in [-0.1, -0.05) is 6.92 Å². The molecule has 1 heterocycles. The molecule has 0 aromatic rings. The number of likely N-dealkylation sites (tertiary alicyclic amines) is 1. The second-order valence-corrected chi connectivity index (χ2v) is 5.26. The number of piperidine rings is 1. The minimum Gasteiger partial charge on any atom is -0.396 e. The van der Waals surface area contributed by atoms with Gasteiger partial charge in [-0.3, -0.25) is 0 Å². The summed E-state index contributed by atoms with van der Waals surface area (Å²) in [6.45, 7) is 6.82. The maximum atomic E-state index is 9.06. The molecule has 0 aromatic carbocycles. The molecule has 4 nitrogen and oxygen atoms in total. The first-order chi connectivity index (χ1) is 8.17. The highest BCUT2D eigenvalue weighted by molar-refractivity contribution is 4.80. The average Bonchev–Trinajstić information content (AvgIpc) is 2.29. The molecule has 0 amide bonds. The summed E-state index contributed by atoms with van der Waals surface area (Å²) >= 11 is 0. The summed E-state index contributed by atoms with van der Waals surface area (Å²) in [6, 6.07) is 1.09. The quantitative estimate of drug-likeness (QED) is 0.678. The van der Waals surface area contributed by atoms with Crippen molar-refractivity contribution in [3.63, 3.8) is 0 Å². The van der Waals surface area contributed by atoms with Crippen molar-refractivity contribution >= 4 is 0 Å². The zero-order valence-corrected chi connectivity index (χ0v) is 11.7. The van der Waals surface area contributed by atoms with Gasteiger partial charge < -0.3 is 20.2 Å². The second kappa shape index (κ2) is 8.03. The van der Waals surface area contributed by atoms with Gasteiger partial charge >= 0.3 is 0 Å². The summed E-state index contributed by atoms with van der Waals surface area (Å²) in [4.78, 5) is 4.87. The van der Waals surface area contributed by atoms with E-state index in [9.17, 15) is 0 Å². The van der Waals surface area contributed by atoms with Crippen LogP contribution in [0.15, 0.2) is 0 Å². The van der Waals surface area contributed by atoms with Crippen LogP contribution in [-0.2, 0) is 0 Å². The molecule has 0 saturated carbocycles. The third-order valence-electron chi connectivity index (χ3n) is 3.70. The summed E-state index contributed by atoms with van der Waals surface area (Å²) in [5.41, 5.74) is 0. The highest BCUT2D eigenvalue weighted by Gasteiger charge is 2.22. The van der Waals surface area contributed by atoms with E-state index in [0.717, 1.165) is 19.5 Å². The molecule has 0 radical (unpaired) electrons. The molecule has 102 valence electrons. The van der Waals surface area contributed by atoms with Crippen LogP contribution in [0.5, 0.6) is 0 Å². The number of aliphatic hydroxyl groups is 1. The fraction of sp³-hybridized carbons (Fsp3) is 1.00. The molecule has 2 unspecified atom stereocenters. The maximum Gasteiger partial charge on any atom is 0.0446 e. The van der Waals surface area contributed by atoms with Gasteiger partial charge in [-0.2, -0.15) is 0 Å². The Morgan fingerprint density at radius 2 is 2.29 bits per heavy atom. The van der Waals surface area contributed by atoms with E-state index in [1.165, 1.54) is 25.9 Å². The second-order valence-electron chi connectivity index (χ2n) is 5.26. The first-order valence-corrected chi connectivity index (χ1v) is 6.90. The molecule has 1 rings (SSSR count). The summed E-state index contributed by atoms with van der Waals surface area (Å²) < 4.78 is 0. The molecular weight excluding hydrogens is 214 g/mol. The van der Waals surface area contributed by atoms with Crippen molar-refractivity contribution in [3.8, 4) is 0 Å². The summed E-state index contributed by atoms with van der Waals surface area (Å²) in [5.74, 6) is 0. The van der Waals surface area contributed by atoms with Gasteiger partial charge in [0.2, 0.25) is 0 Å². The van der Waals surface area contributed by atoms with Gasteiger partial charge in [0.25, 0.3) is 0 Å². The first-order valence-electron chi connectivity index (χ1n) is 6.90. The fourth-order valence-corrected chi connectivity index (χ4v) is 2.70. The lowest BCUT2D eigenvalue weighted by Crippen LogP contribution is -2.49. The van der Waals surface area contributed by atoms with Gasteiger partial charge in [0, 0.05) is 31.8 Å². The minimum atomic E-state index is 0.274. The molecule has 1 aliphatic rings. The Hall–Kier alpha value is -0.160. The van der Waals surface area contributed by atoms with Crippen LogP contribution in [0.3, 0.4) is 0 Å². The van der Waals surface area contributed by atoms with E-state index >= 15 is 0 Å². The number of rotatable bonds is 7. The third kappa shape index (κ3) is 5.34. The van der Waals surface area contributed by atoms with Gasteiger partial charge in [-0.05, 0) is 46.4 Å². The molecule has 1 aliphatic heterocycles. The van der Waals surface area contributed by atoms with Gasteiger partial charge in [-0.25, -0.2) is 0 Å². The van der Waals surface area contributed by atoms with Gasteiger partial charge in [-0.15, -0.1) is 0 Å². The Morgan fingerprint density at radius 1 is 1.53 bits per heavy atom. The smallest absolute Gasteiger partial charge is 0.0446 e. The Balaban J connectivity index is 2.36. The van der Waals surface area contributed by atoms with Crippen molar-refractivity contribution in [1.29, 1.82) is 0 Å². The number of aliphatic hydroxyl groups excluding tert-OH is 1. The number of hydrogen-bond acceptors (Lipinski definition) is 4. The molecular formula is C13H29N3O. The van der Waals surface area contributed by atoms with Gasteiger partial charge in [0.15, 0.2) is 0 Å². The molecule has 1 fully saturated rings. The van der Waals surface area contributed by atoms with Crippen molar-refractivity contribution in [2.24, 2.45) is 0 Å². The topological polar surface area (TPSA) is 38.7 Å². The highest BCUT2D eigenvalue weighted by atomic mass is 16.3. The molecule has 0 aromatic heterocycles. The number of nitrogens with zero attached hydrogens (tertiary/aromatic N) is 2. The average molecular weight is 243 g/mol. The van der Waals surface area contributed by atoms with Crippen LogP contribution in [-0.4, -0.2) is 73.9 Å². The van der Waals surface area contributed by atoms with Crippen LogP contribution in [0, 0.1) is 0 Å². The van der Waals surface area contributed by atoms with Crippen molar-refractivity contribution in [3.05, 3.63) is 0 Å². The molecule has 2 N–H and O–H groups in total. The number of hydrogen-bond donors (Lipinski definition) is 2. The number of likely N-dealkylation sites (N-methyl/N-ethyl adjacent to an activating group) is 3. The van der Waals surface area contributed by atoms with E-state index in [2.05, 4.69) is 36.1 Å². The van der Waals surface area contributed by atoms with Crippen molar-refractivity contribution in [2.75, 3.05) is 46.9 Å². The van der Waals surface area contributed by atoms with Crippen molar-refractivity contribution in [1.82, 2.24) is 15.1 Å². The van der Waals surface area contributed by atoms with E-state index in [1.807, 2.05) is 0 Å². The predicted molar refractivity (Wildman–Crippen MR) is 72.3 cm³/mol. The van der Waals surface area contributed by atoms with Crippen LogP contribution in [0.1, 0.15) is 26.2 Å². The zero-order chi connectivity index (χ0) is 12.7. The van der Waals surface area contributed by atoms with Gasteiger partial charge in [0.05, 0.1) is 0 Å². The van der Waals surface area contributed by atoms with Crippen LogP contribution < -0.4 is 5.32 Å². The van der Waals surface area contributed by atoms with E-state index in [4.69, 9.17) is 5.11 Å². The Bertz CT molecular complexity index is 195. The molecule has 0 bridgehead atoms. The fourth-order valence-electron chi connectivity index (χ4n) is 2.70. The number of nitrogens with one attached hydrogen (secondary N) is 1. The molecule has 1 saturated heterocycles. The highest BCUT2D eigenvalue weighted by Crippen LogP contribution is 2.13. The molecule has 0 spiro atoms. The third-order valence-corrected chi connectivity index (χ3v) is 3.70. The van der Waals surface area contributed by atoms with E-state index in [1.54, 1.807) is 0 Å². The minimum absolute atomic E-state index is 0.274.